The van der Waals surface area contributed by atoms with Crippen molar-refractivity contribution in [2.45, 2.75) is 53.0 Å². The highest BCUT2D eigenvalue weighted by atomic mass is 31.2. The van der Waals surface area contributed by atoms with E-state index in [1.807, 2.05) is 58.9 Å². The maximum absolute atomic E-state index is 13.1. The standard InChI is InChI=1S/C17H24NO3P/c1-12(2)20-22(19,21-13(3)4)11-15-9-8-14(5)16-7-6-10-18-17(15)16/h6-10,12-13H,11H2,1-5H3. The van der Waals surface area contributed by atoms with Gasteiger partial charge in [-0.1, -0.05) is 18.2 Å². The molecule has 0 atom stereocenters. The van der Waals surface area contributed by atoms with E-state index < -0.39 is 7.60 Å². The van der Waals surface area contributed by atoms with Crippen LogP contribution in [0.4, 0.5) is 0 Å². The van der Waals surface area contributed by atoms with Crippen LogP contribution in [0.1, 0.15) is 38.8 Å². The van der Waals surface area contributed by atoms with Gasteiger partial charge in [0.15, 0.2) is 0 Å². The highest BCUT2D eigenvalue weighted by Gasteiger charge is 2.29. The molecule has 0 radical (unpaired) electrons. The molecule has 0 saturated carbocycles. The first-order chi connectivity index (χ1) is 10.3. The first-order valence-electron chi connectivity index (χ1n) is 7.60. The number of nitrogens with zero attached hydrogens (tertiary/aromatic N) is 1. The lowest BCUT2D eigenvalue weighted by Gasteiger charge is -2.23. The smallest absolute Gasteiger partial charge is 0.306 e. The molecule has 0 bridgehead atoms. The van der Waals surface area contributed by atoms with Crippen LogP contribution in [0.25, 0.3) is 10.9 Å². The van der Waals surface area contributed by atoms with Crippen molar-refractivity contribution in [2.75, 3.05) is 0 Å². The number of aryl methyl sites for hydroxylation is 1. The first-order valence-corrected chi connectivity index (χ1v) is 9.32. The molecule has 1 aromatic heterocycles. The molecule has 0 fully saturated rings. The van der Waals surface area contributed by atoms with E-state index in [9.17, 15) is 4.57 Å². The van der Waals surface area contributed by atoms with Gasteiger partial charge in [0, 0.05) is 11.6 Å². The third-order valence-corrected chi connectivity index (χ3v) is 5.39. The Morgan fingerprint density at radius 1 is 1.09 bits per heavy atom. The second-order valence-corrected chi connectivity index (χ2v) is 7.98. The average Bonchev–Trinajstić information content (AvgIpc) is 2.40. The van der Waals surface area contributed by atoms with E-state index in [-0.39, 0.29) is 18.4 Å². The number of pyridine rings is 1. The number of benzene rings is 1. The van der Waals surface area contributed by atoms with Crippen LogP contribution in [-0.2, 0) is 19.8 Å². The molecule has 0 saturated heterocycles. The SMILES string of the molecule is Cc1ccc(CP(=O)(OC(C)C)OC(C)C)c2ncccc12. The molecule has 2 aromatic rings. The Bertz CT molecular complexity index is 683. The zero-order valence-electron chi connectivity index (χ0n) is 13.9. The van der Waals surface area contributed by atoms with Crippen molar-refractivity contribution in [3.8, 4) is 0 Å². The molecule has 22 heavy (non-hydrogen) atoms. The molecule has 0 spiro atoms. The van der Waals surface area contributed by atoms with Crippen molar-refractivity contribution >= 4 is 18.5 Å². The van der Waals surface area contributed by atoms with Crippen LogP contribution < -0.4 is 0 Å². The molecule has 0 aliphatic carbocycles. The predicted molar refractivity (Wildman–Crippen MR) is 90.2 cm³/mol. The van der Waals surface area contributed by atoms with E-state index in [4.69, 9.17) is 9.05 Å². The minimum atomic E-state index is -3.21. The van der Waals surface area contributed by atoms with Crippen molar-refractivity contribution in [1.29, 1.82) is 0 Å². The van der Waals surface area contributed by atoms with Crippen molar-refractivity contribution < 1.29 is 13.6 Å². The molecule has 4 nitrogen and oxygen atoms in total. The van der Waals surface area contributed by atoms with Crippen LogP contribution in [0.5, 0.6) is 0 Å². The summed E-state index contributed by atoms with van der Waals surface area (Å²) in [4.78, 5) is 4.45. The molecule has 0 N–H and O–H groups in total. The fourth-order valence-corrected chi connectivity index (χ4v) is 4.61. The van der Waals surface area contributed by atoms with Gasteiger partial charge >= 0.3 is 7.60 Å². The molecule has 0 unspecified atom stereocenters. The summed E-state index contributed by atoms with van der Waals surface area (Å²) in [6.45, 7) is 9.50. The van der Waals surface area contributed by atoms with Gasteiger partial charge in [-0.15, -0.1) is 0 Å². The topological polar surface area (TPSA) is 48.4 Å². The Kier molecular flexibility index (Phi) is 5.38. The summed E-state index contributed by atoms with van der Waals surface area (Å²) in [5.74, 6) is 0. The Balaban J connectivity index is 2.42. The van der Waals surface area contributed by atoms with Gasteiger partial charge in [0.2, 0.25) is 0 Å². The third kappa shape index (κ3) is 4.16. The fourth-order valence-electron chi connectivity index (χ4n) is 2.45. The lowest BCUT2D eigenvalue weighted by molar-refractivity contribution is 0.141. The van der Waals surface area contributed by atoms with E-state index in [1.165, 1.54) is 0 Å². The summed E-state index contributed by atoms with van der Waals surface area (Å²) in [7, 11) is -3.21. The van der Waals surface area contributed by atoms with E-state index >= 15 is 0 Å². The number of hydrogen-bond acceptors (Lipinski definition) is 4. The summed E-state index contributed by atoms with van der Waals surface area (Å²) in [5.41, 5.74) is 2.91. The van der Waals surface area contributed by atoms with Crippen molar-refractivity contribution in [3.63, 3.8) is 0 Å². The van der Waals surface area contributed by atoms with Crippen LogP contribution in [-0.4, -0.2) is 17.2 Å². The molecule has 0 amide bonds. The Labute approximate surface area is 132 Å². The second kappa shape index (κ2) is 6.91. The first kappa shape index (κ1) is 17.1. The molecule has 0 aliphatic rings. The van der Waals surface area contributed by atoms with Crippen LogP contribution in [0, 0.1) is 6.92 Å². The molecular formula is C17H24NO3P. The van der Waals surface area contributed by atoms with Gasteiger partial charge < -0.3 is 9.05 Å². The largest absolute Gasteiger partial charge is 0.335 e. The van der Waals surface area contributed by atoms with Crippen LogP contribution >= 0.6 is 7.60 Å². The minimum Gasteiger partial charge on any atom is -0.306 e. The molecule has 1 aromatic carbocycles. The summed E-state index contributed by atoms with van der Waals surface area (Å²) in [6.07, 6.45) is 1.67. The van der Waals surface area contributed by atoms with Gasteiger partial charge in [0.05, 0.1) is 23.9 Å². The van der Waals surface area contributed by atoms with E-state index in [0.717, 1.165) is 22.0 Å². The van der Waals surface area contributed by atoms with E-state index in [2.05, 4.69) is 4.98 Å². The fraction of sp³-hybridized carbons (Fsp3) is 0.471. The molecule has 2 rings (SSSR count). The normalized spacial score (nSPS) is 12.5. The zero-order valence-corrected chi connectivity index (χ0v) is 14.8. The Morgan fingerprint density at radius 3 is 2.32 bits per heavy atom. The number of fused-ring (bicyclic) bond motifs is 1. The molecule has 5 heteroatoms. The Hall–Kier alpha value is -1.22. The molecular weight excluding hydrogens is 297 g/mol. The van der Waals surface area contributed by atoms with Gasteiger partial charge in [0.25, 0.3) is 0 Å². The van der Waals surface area contributed by atoms with Gasteiger partial charge in [-0.2, -0.15) is 0 Å². The van der Waals surface area contributed by atoms with Crippen molar-refractivity contribution in [1.82, 2.24) is 4.98 Å². The molecule has 120 valence electrons. The highest BCUT2D eigenvalue weighted by Crippen LogP contribution is 2.54. The summed E-state index contributed by atoms with van der Waals surface area (Å²) in [6, 6.07) is 7.92. The van der Waals surface area contributed by atoms with Gasteiger partial charge in [-0.05, 0) is 51.8 Å². The molecule has 0 aliphatic heterocycles. The summed E-state index contributed by atoms with van der Waals surface area (Å²) in [5, 5.41) is 1.07. The lowest BCUT2D eigenvalue weighted by Crippen LogP contribution is -2.09. The lowest BCUT2D eigenvalue weighted by atomic mass is 10.1. The number of hydrogen-bond donors (Lipinski definition) is 0. The van der Waals surface area contributed by atoms with Crippen molar-refractivity contribution in [2.24, 2.45) is 0 Å². The second-order valence-electron chi connectivity index (χ2n) is 6.02. The van der Waals surface area contributed by atoms with Gasteiger partial charge in [0.1, 0.15) is 0 Å². The quantitative estimate of drug-likeness (QED) is 0.696. The van der Waals surface area contributed by atoms with Crippen LogP contribution in [0.15, 0.2) is 30.5 Å². The average molecular weight is 321 g/mol. The zero-order chi connectivity index (χ0) is 16.3. The maximum atomic E-state index is 13.1. The Morgan fingerprint density at radius 2 is 1.73 bits per heavy atom. The van der Waals surface area contributed by atoms with Crippen molar-refractivity contribution in [3.05, 3.63) is 41.6 Å². The van der Waals surface area contributed by atoms with E-state index in [1.54, 1.807) is 6.20 Å². The minimum absolute atomic E-state index is 0.158. The van der Waals surface area contributed by atoms with Crippen LogP contribution in [0.2, 0.25) is 0 Å². The number of rotatable bonds is 6. The maximum Gasteiger partial charge on any atom is 0.335 e. The summed E-state index contributed by atoms with van der Waals surface area (Å²) >= 11 is 0. The summed E-state index contributed by atoms with van der Waals surface area (Å²) < 4.78 is 24.3. The van der Waals surface area contributed by atoms with Gasteiger partial charge in [-0.3, -0.25) is 9.55 Å². The predicted octanol–water partition coefficient (Wildman–Crippen LogP) is 5.09. The highest BCUT2D eigenvalue weighted by molar-refractivity contribution is 7.53. The monoisotopic (exact) mass is 321 g/mol. The van der Waals surface area contributed by atoms with E-state index in [0.29, 0.717) is 0 Å². The van der Waals surface area contributed by atoms with Crippen LogP contribution in [0.3, 0.4) is 0 Å². The van der Waals surface area contributed by atoms with Gasteiger partial charge in [-0.25, -0.2) is 0 Å². The third-order valence-electron chi connectivity index (χ3n) is 3.18. The molecule has 1 heterocycles. The number of aromatic nitrogens is 1.